The minimum atomic E-state index is -0.440. The monoisotopic (exact) mass is 389 g/mol. The molecular weight excluding hydrogens is 362 g/mol. The number of H-pyrrole nitrogens is 1. The summed E-state index contributed by atoms with van der Waals surface area (Å²) in [6.45, 7) is 8.78. The van der Waals surface area contributed by atoms with Crippen molar-refractivity contribution in [1.82, 2.24) is 14.8 Å². The van der Waals surface area contributed by atoms with Gasteiger partial charge in [-0.2, -0.15) is 5.10 Å². The van der Waals surface area contributed by atoms with Gasteiger partial charge in [0.15, 0.2) is 0 Å². The molecule has 0 radical (unpaired) electrons. The molecule has 0 spiro atoms. The second-order valence-corrected chi connectivity index (χ2v) is 8.80. The highest BCUT2D eigenvalue weighted by Crippen LogP contribution is 2.37. The number of aromatic nitrogens is 3. The maximum absolute atomic E-state index is 12.0. The van der Waals surface area contributed by atoms with Crippen LogP contribution < -0.4 is 11.1 Å². The van der Waals surface area contributed by atoms with Crippen LogP contribution in [0, 0.1) is 5.41 Å². The van der Waals surface area contributed by atoms with E-state index in [0.717, 1.165) is 38.6 Å². The second-order valence-electron chi connectivity index (χ2n) is 8.80. The molecule has 4 aromatic rings. The van der Waals surface area contributed by atoms with Crippen LogP contribution in [0.2, 0.25) is 0 Å². The zero-order valence-electron chi connectivity index (χ0n) is 17.5. The van der Waals surface area contributed by atoms with Gasteiger partial charge in [-0.05, 0) is 36.1 Å². The number of fused-ring (bicyclic) bond motifs is 3. The number of hydrogen-bond donors (Lipinski definition) is 3. The van der Waals surface area contributed by atoms with Gasteiger partial charge in [-0.1, -0.05) is 32.9 Å². The Bertz CT molecular complexity index is 1230. The number of amides is 1. The first-order valence-corrected chi connectivity index (χ1v) is 9.79. The standard InChI is InChI=1S/C23H27N5O/c1-13(23(2,3)4)26-18-9-8-17(22(24)29)21-20(18)16-7-6-14(10-19(16)27-21)15-11-25-28(5)12-15/h6-13,26-27H,1-5H3,(H2,24,29)/t13-/m0/s1. The first-order valence-electron chi connectivity index (χ1n) is 9.79. The van der Waals surface area contributed by atoms with Crippen LogP contribution in [0.5, 0.6) is 0 Å². The van der Waals surface area contributed by atoms with Crippen molar-refractivity contribution in [2.45, 2.75) is 33.7 Å². The number of rotatable bonds is 4. The molecule has 4 rings (SSSR count). The van der Waals surface area contributed by atoms with E-state index in [1.165, 1.54) is 0 Å². The molecule has 0 saturated heterocycles. The zero-order chi connectivity index (χ0) is 20.9. The number of aryl methyl sites for hydroxylation is 1. The number of anilines is 1. The lowest BCUT2D eigenvalue weighted by Crippen LogP contribution is -2.30. The van der Waals surface area contributed by atoms with Crippen LogP contribution >= 0.6 is 0 Å². The summed E-state index contributed by atoms with van der Waals surface area (Å²) < 4.78 is 1.78. The van der Waals surface area contributed by atoms with E-state index in [0.29, 0.717) is 5.56 Å². The van der Waals surface area contributed by atoms with Gasteiger partial charge in [-0.25, -0.2) is 0 Å². The lowest BCUT2D eigenvalue weighted by molar-refractivity contribution is 0.100. The molecule has 2 heterocycles. The number of nitrogens with two attached hydrogens (primary N) is 1. The van der Waals surface area contributed by atoms with E-state index >= 15 is 0 Å². The molecule has 150 valence electrons. The van der Waals surface area contributed by atoms with Crippen LogP contribution in [0.1, 0.15) is 38.1 Å². The van der Waals surface area contributed by atoms with Crippen molar-refractivity contribution < 1.29 is 4.79 Å². The summed E-state index contributed by atoms with van der Waals surface area (Å²) >= 11 is 0. The van der Waals surface area contributed by atoms with E-state index in [-0.39, 0.29) is 11.5 Å². The Hall–Kier alpha value is -3.28. The van der Waals surface area contributed by atoms with E-state index in [1.54, 1.807) is 10.7 Å². The Kier molecular flexibility index (Phi) is 4.37. The van der Waals surface area contributed by atoms with Crippen molar-refractivity contribution in [3.8, 4) is 11.1 Å². The summed E-state index contributed by atoms with van der Waals surface area (Å²) in [7, 11) is 1.90. The molecule has 4 N–H and O–H groups in total. The van der Waals surface area contributed by atoms with Gasteiger partial charge in [0.2, 0.25) is 0 Å². The molecular formula is C23H27N5O. The number of hydrogen-bond acceptors (Lipinski definition) is 3. The van der Waals surface area contributed by atoms with Crippen LogP contribution in [0.3, 0.4) is 0 Å². The van der Waals surface area contributed by atoms with Gasteiger partial charge in [-0.3, -0.25) is 9.48 Å². The molecule has 0 aliphatic rings. The van der Waals surface area contributed by atoms with Crippen molar-refractivity contribution in [1.29, 1.82) is 0 Å². The molecule has 2 aromatic carbocycles. The van der Waals surface area contributed by atoms with Gasteiger partial charge in [0.25, 0.3) is 5.91 Å². The Morgan fingerprint density at radius 2 is 1.97 bits per heavy atom. The minimum Gasteiger partial charge on any atom is -0.381 e. The largest absolute Gasteiger partial charge is 0.381 e. The minimum absolute atomic E-state index is 0.0915. The lowest BCUT2D eigenvalue weighted by Gasteiger charge is -2.29. The number of aromatic amines is 1. The smallest absolute Gasteiger partial charge is 0.250 e. The van der Waals surface area contributed by atoms with Gasteiger partial charge in [0, 0.05) is 46.8 Å². The van der Waals surface area contributed by atoms with Crippen molar-refractivity contribution >= 4 is 33.4 Å². The number of nitrogens with one attached hydrogen (secondary N) is 2. The summed E-state index contributed by atoms with van der Waals surface area (Å²) in [6, 6.07) is 10.3. The van der Waals surface area contributed by atoms with Crippen LogP contribution in [-0.2, 0) is 7.05 Å². The highest BCUT2D eigenvalue weighted by atomic mass is 16.1. The molecule has 6 heteroatoms. The fourth-order valence-corrected chi connectivity index (χ4v) is 3.54. The molecule has 0 aliphatic heterocycles. The number of nitrogens with zero attached hydrogens (tertiary/aromatic N) is 2. The molecule has 6 nitrogen and oxygen atoms in total. The highest BCUT2D eigenvalue weighted by Gasteiger charge is 2.22. The first-order chi connectivity index (χ1) is 13.6. The van der Waals surface area contributed by atoms with E-state index in [2.05, 4.69) is 61.3 Å². The predicted octanol–water partition coefficient (Wildman–Crippen LogP) is 4.67. The Morgan fingerprint density at radius 1 is 1.21 bits per heavy atom. The molecule has 29 heavy (non-hydrogen) atoms. The van der Waals surface area contributed by atoms with Crippen LogP contribution in [0.4, 0.5) is 5.69 Å². The molecule has 0 saturated carbocycles. The van der Waals surface area contributed by atoms with Crippen LogP contribution in [0.25, 0.3) is 32.9 Å². The molecule has 0 unspecified atom stereocenters. The fraction of sp³-hybridized carbons (Fsp3) is 0.304. The van der Waals surface area contributed by atoms with Gasteiger partial charge in [0.1, 0.15) is 0 Å². The maximum atomic E-state index is 12.0. The van der Waals surface area contributed by atoms with Crippen molar-refractivity contribution in [2.24, 2.45) is 18.2 Å². The van der Waals surface area contributed by atoms with E-state index in [1.807, 2.05) is 25.5 Å². The Morgan fingerprint density at radius 3 is 2.59 bits per heavy atom. The van der Waals surface area contributed by atoms with Crippen molar-refractivity contribution in [3.63, 3.8) is 0 Å². The number of carbonyl (C=O) groups excluding carboxylic acids is 1. The Balaban J connectivity index is 1.93. The van der Waals surface area contributed by atoms with Gasteiger partial charge in [0.05, 0.1) is 17.3 Å². The third-order valence-electron chi connectivity index (χ3n) is 5.73. The maximum Gasteiger partial charge on any atom is 0.250 e. The van der Waals surface area contributed by atoms with Crippen molar-refractivity contribution in [3.05, 3.63) is 48.3 Å². The Labute approximate surface area is 170 Å². The van der Waals surface area contributed by atoms with E-state index in [4.69, 9.17) is 5.73 Å². The summed E-state index contributed by atoms with van der Waals surface area (Å²) in [5.41, 5.74) is 11.1. The molecule has 1 amide bonds. The third-order valence-corrected chi connectivity index (χ3v) is 5.73. The highest BCUT2D eigenvalue weighted by molar-refractivity contribution is 6.19. The quantitative estimate of drug-likeness (QED) is 0.474. The third kappa shape index (κ3) is 3.35. The van der Waals surface area contributed by atoms with Crippen LogP contribution in [0.15, 0.2) is 42.7 Å². The normalized spacial score (nSPS) is 13.1. The van der Waals surface area contributed by atoms with Gasteiger partial charge < -0.3 is 16.0 Å². The SMILES string of the molecule is C[C@H](Nc1ccc(C(N)=O)c2[nH]c3cc(-c4cnn(C)c4)ccc3c12)C(C)(C)C. The molecule has 2 aromatic heterocycles. The van der Waals surface area contributed by atoms with Crippen molar-refractivity contribution in [2.75, 3.05) is 5.32 Å². The average Bonchev–Trinajstić information content (AvgIpc) is 3.23. The molecule has 1 atom stereocenters. The van der Waals surface area contributed by atoms with Gasteiger partial charge in [-0.15, -0.1) is 0 Å². The second kappa shape index (κ2) is 6.65. The summed E-state index contributed by atoms with van der Waals surface area (Å²) in [5, 5.41) is 9.94. The summed E-state index contributed by atoms with van der Waals surface area (Å²) in [6.07, 6.45) is 3.83. The van der Waals surface area contributed by atoms with E-state index < -0.39 is 5.91 Å². The topological polar surface area (TPSA) is 88.7 Å². The number of benzene rings is 2. The summed E-state index contributed by atoms with van der Waals surface area (Å²) in [5.74, 6) is -0.440. The predicted molar refractivity (Wildman–Crippen MR) is 119 cm³/mol. The lowest BCUT2D eigenvalue weighted by atomic mass is 9.87. The average molecular weight is 390 g/mol. The van der Waals surface area contributed by atoms with Gasteiger partial charge >= 0.3 is 0 Å². The molecule has 0 bridgehead atoms. The number of carbonyl (C=O) groups is 1. The first kappa shape index (κ1) is 19.1. The summed E-state index contributed by atoms with van der Waals surface area (Å²) in [4.78, 5) is 15.5. The zero-order valence-corrected chi connectivity index (χ0v) is 17.5. The number of primary amides is 1. The molecule has 0 aliphatic carbocycles. The molecule has 0 fully saturated rings. The van der Waals surface area contributed by atoms with E-state index in [9.17, 15) is 4.79 Å². The van der Waals surface area contributed by atoms with Crippen LogP contribution in [-0.4, -0.2) is 26.7 Å². The fourth-order valence-electron chi connectivity index (χ4n) is 3.54.